The highest BCUT2D eigenvalue weighted by atomic mass is 16.1. The van der Waals surface area contributed by atoms with E-state index in [0.717, 1.165) is 48.4 Å². The number of nitrogen functional groups attached to an aromatic ring is 1. The largest absolute Gasteiger partial charge is 0.399 e. The molecule has 1 heterocycles. The average Bonchev–Trinajstić information content (AvgIpc) is 2.70. The van der Waals surface area contributed by atoms with Crippen LogP contribution < -0.4 is 11.1 Å². The van der Waals surface area contributed by atoms with E-state index in [-0.39, 0.29) is 5.91 Å². The zero-order valence-electron chi connectivity index (χ0n) is 12.6. The normalized spacial score (nSPS) is 22.9. The molecule has 2 atom stereocenters. The highest BCUT2D eigenvalue weighted by Crippen LogP contribution is 2.22. The molecule has 0 radical (unpaired) electrons. The number of anilines is 2. The smallest absolute Gasteiger partial charge is 0.225 e. The lowest BCUT2D eigenvalue weighted by Gasteiger charge is -2.15. The quantitative estimate of drug-likeness (QED) is 0.830. The monoisotopic (exact) mass is 275 g/mol. The van der Waals surface area contributed by atoms with Crippen LogP contribution in [0.3, 0.4) is 0 Å². The van der Waals surface area contributed by atoms with Crippen molar-refractivity contribution in [2.24, 2.45) is 11.8 Å². The van der Waals surface area contributed by atoms with Crippen molar-refractivity contribution >= 4 is 17.3 Å². The van der Waals surface area contributed by atoms with E-state index in [0.29, 0.717) is 6.42 Å². The molecule has 1 aliphatic heterocycles. The van der Waals surface area contributed by atoms with Crippen molar-refractivity contribution in [2.45, 2.75) is 27.2 Å². The molecule has 0 aromatic heterocycles. The molecule has 1 aromatic rings. The van der Waals surface area contributed by atoms with Crippen molar-refractivity contribution in [2.75, 3.05) is 30.7 Å². The first kappa shape index (κ1) is 14.9. The van der Waals surface area contributed by atoms with Crippen LogP contribution in [0, 0.1) is 18.8 Å². The number of rotatable bonds is 4. The fraction of sp³-hybridized carbons (Fsp3) is 0.562. The van der Waals surface area contributed by atoms with Gasteiger partial charge in [0.1, 0.15) is 0 Å². The Balaban J connectivity index is 1.81. The predicted molar refractivity (Wildman–Crippen MR) is 83.6 cm³/mol. The zero-order chi connectivity index (χ0) is 14.7. The molecule has 110 valence electrons. The standard InChI is InChI=1S/C16H25N3O/c1-11-8-14(17)4-5-15(11)18-16(20)6-7-19-9-12(2)13(3)10-19/h4-5,8,12-13H,6-7,9-10,17H2,1-3H3,(H,18,20). The van der Waals surface area contributed by atoms with Gasteiger partial charge in [-0.3, -0.25) is 4.79 Å². The Hall–Kier alpha value is -1.55. The Morgan fingerprint density at radius 1 is 1.35 bits per heavy atom. The van der Waals surface area contributed by atoms with Crippen LogP contribution in [0.4, 0.5) is 11.4 Å². The lowest BCUT2D eigenvalue weighted by molar-refractivity contribution is -0.116. The van der Waals surface area contributed by atoms with Gasteiger partial charge in [0.2, 0.25) is 5.91 Å². The second-order valence-electron chi connectivity index (χ2n) is 6.09. The molecule has 1 saturated heterocycles. The maximum absolute atomic E-state index is 12.0. The fourth-order valence-corrected chi connectivity index (χ4v) is 2.73. The molecule has 2 rings (SSSR count). The zero-order valence-corrected chi connectivity index (χ0v) is 12.6. The van der Waals surface area contributed by atoms with Gasteiger partial charge >= 0.3 is 0 Å². The van der Waals surface area contributed by atoms with Gasteiger partial charge < -0.3 is 16.0 Å². The summed E-state index contributed by atoms with van der Waals surface area (Å²) in [6.45, 7) is 9.57. The number of nitrogens with one attached hydrogen (secondary N) is 1. The SMILES string of the molecule is Cc1cc(N)ccc1NC(=O)CCN1CC(C)C(C)C1. The van der Waals surface area contributed by atoms with Gasteiger partial charge in [0.25, 0.3) is 0 Å². The summed E-state index contributed by atoms with van der Waals surface area (Å²) in [6.07, 6.45) is 0.545. The average molecular weight is 275 g/mol. The number of nitrogens with two attached hydrogens (primary N) is 1. The van der Waals surface area contributed by atoms with Crippen LogP contribution in [0.2, 0.25) is 0 Å². The van der Waals surface area contributed by atoms with Crippen molar-refractivity contribution in [1.29, 1.82) is 0 Å². The molecule has 0 saturated carbocycles. The maximum Gasteiger partial charge on any atom is 0.225 e. The molecule has 1 aliphatic rings. The van der Waals surface area contributed by atoms with Crippen LogP contribution >= 0.6 is 0 Å². The molecule has 0 aliphatic carbocycles. The van der Waals surface area contributed by atoms with Crippen LogP contribution in [0.15, 0.2) is 18.2 Å². The minimum Gasteiger partial charge on any atom is -0.399 e. The van der Waals surface area contributed by atoms with Gasteiger partial charge in [-0.25, -0.2) is 0 Å². The minimum atomic E-state index is 0.0741. The van der Waals surface area contributed by atoms with Gasteiger partial charge in [0.05, 0.1) is 0 Å². The number of hydrogen-bond donors (Lipinski definition) is 2. The third-order valence-corrected chi connectivity index (χ3v) is 4.24. The molecule has 1 amide bonds. The van der Waals surface area contributed by atoms with Crippen LogP contribution in [0.1, 0.15) is 25.8 Å². The van der Waals surface area contributed by atoms with Crippen molar-refractivity contribution in [3.05, 3.63) is 23.8 Å². The Bertz CT molecular complexity index is 477. The number of hydrogen-bond acceptors (Lipinski definition) is 3. The number of aryl methyl sites for hydroxylation is 1. The second kappa shape index (κ2) is 6.27. The van der Waals surface area contributed by atoms with Gasteiger partial charge in [-0.15, -0.1) is 0 Å². The first-order chi connectivity index (χ1) is 9.45. The van der Waals surface area contributed by atoms with Crippen LogP contribution in [-0.4, -0.2) is 30.4 Å². The molecule has 4 heteroatoms. The summed E-state index contributed by atoms with van der Waals surface area (Å²) in [7, 11) is 0. The first-order valence-electron chi connectivity index (χ1n) is 7.34. The molecule has 1 fully saturated rings. The topological polar surface area (TPSA) is 58.4 Å². The Morgan fingerprint density at radius 3 is 2.60 bits per heavy atom. The number of amides is 1. The molecular weight excluding hydrogens is 250 g/mol. The fourth-order valence-electron chi connectivity index (χ4n) is 2.73. The van der Waals surface area contributed by atoms with Crippen molar-refractivity contribution in [1.82, 2.24) is 4.90 Å². The summed E-state index contributed by atoms with van der Waals surface area (Å²) >= 11 is 0. The van der Waals surface area contributed by atoms with Crippen LogP contribution in [0.5, 0.6) is 0 Å². The molecule has 0 spiro atoms. The number of benzene rings is 1. The van der Waals surface area contributed by atoms with E-state index < -0.39 is 0 Å². The third-order valence-electron chi connectivity index (χ3n) is 4.24. The van der Waals surface area contributed by atoms with Crippen molar-refractivity contribution in [3.8, 4) is 0 Å². The van der Waals surface area contributed by atoms with Gasteiger partial charge in [0.15, 0.2) is 0 Å². The molecule has 20 heavy (non-hydrogen) atoms. The maximum atomic E-state index is 12.0. The second-order valence-corrected chi connectivity index (χ2v) is 6.09. The number of carbonyl (C=O) groups is 1. The predicted octanol–water partition coefficient (Wildman–Crippen LogP) is 2.49. The van der Waals surface area contributed by atoms with E-state index in [1.165, 1.54) is 0 Å². The summed E-state index contributed by atoms with van der Waals surface area (Å²) in [5.41, 5.74) is 8.28. The number of nitrogens with zero attached hydrogens (tertiary/aromatic N) is 1. The highest BCUT2D eigenvalue weighted by molar-refractivity contribution is 5.91. The summed E-state index contributed by atoms with van der Waals surface area (Å²) in [5.74, 6) is 1.54. The molecule has 3 N–H and O–H groups in total. The van der Waals surface area contributed by atoms with E-state index >= 15 is 0 Å². The highest BCUT2D eigenvalue weighted by Gasteiger charge is 2.25. The van der Waals surface area contributed by atoms with Gasteiger partial charge in [-0.2, -0.15) is 0 Å². The molecule has 1 aromatic carbocycles. The molecule has 4 nitrogen and oxygen atoms in total. The van der Waals surface area contributed by atoms with E-state index in [1.807, 2.05) is 25.1 Å². The van der Waals surface area contributed by atoms with Crippen molar-refractivity contribution < 1.29 is 4.79 Å². The minimum absolute atomic E-state index is 0.0741. The van der Waals surface area contributed by atoms with Crippen LogP contribution in [-0.2, 0) is 4.79 Å². The summed E-state index contributed by atoms with van der Waals surface area (Å²) in [5, 5.41) is 2.96. The van der Waals surface area contributed by atoms with Gasteiger partial charge in [0, 0.05) is 37.4 Å². The van der Waals surface area contributed by atoms with Gasteiger partial charge in [-0.05, 0) is 42.5 Å². The Labute approximate surface area is 121 Å². The number of likely N-dealkylation sites (tertiary alicyclic amines) is 1. The summed E-state index contributed by atoms with van der Waals surface area (Å²) in [4.78, 5) is 14.4. The van der Waals surface area contributed by atoms with Crippen molar-refractivity contribution in [3.63, 3.8) is 0 Å². The summed E-state index contributed by atoms with van der Waals surface area (Å²) < 4.78 is 0. The third kappa shape index (κ3) is 3.73. The van der Waals surface area contributed by atoms with E-state index in [2.05, 4.69) is 24.1 Å². The lowest BCUT2D eigenvalue weighted by Crippen LogP contribution is -2.26. The van der Waals surface area contributed by atoms with Gasteiger partial charge in [-0.1, -0.05) is 13.8 Å². The molecular formula is C16H25N3O. The van der Waals surface area contributed by atoms with E-state index in [1.54, 1.807) is 0 Å². The van der Waals surface area contributed by atoms with Crippen LogP contribution in [0.25, 0.3) is 0 Å². The lowest BCUT2D eigenvalue weighted by atomic mass is 10.0. The van der Waals surface area contributed by atoms with E-state index in [9.17, 15) is 4.79 Å². The Kier molecular flexibility index (Phi) is 4.65. The first-order valence-corrected chi connectivity index (χ1v) is 7.34. The Morgan fingerprint density at radius 2 is 2.00 bits per heavy atom. The summed E-state index contributed by atoms with van der Waals surface area (Å²) in [6, 6.07) is 5.55. The molecule has 0 bridgehead atoms. The number of carbonyl (C=O) groups excluding carboxylic acids is 1. The van der Waals surface area contributed by atoms with E-state index in [4.69, 9.17) is 5.73 Å². The molecule has 2 unspecified atom stereocenters.